The SMILES string of the molecule is C=CC(=O)OC1CCCC(C)CC1. The Labute approximate surface area is 80.0 Å². The third-order valence-corrected chi connectivity index (χ3v) is 2.65. The minimum absolute atomic E-state index is 0.135. The van der Waals surface area contributed by atoms with Crippen molar-refractivity contribution in [2.45, 2.75) is 45.1 Å². The Bertz CT molecular complexity index is 187. The second-order valence-electron chi connectivity index (χ2n) is 3.88. The van der Waals surface area contributed by atoms with Crippen LogP contribution in [-0.4, -0.2) is 12.1 Å². The van der Waals surface area contributed by atoms with Gasteiger partial charge in [-0.05, 0) is 31.6 Å². The third-order valence-electron chi connectivity index (χ3n) is 2.65. The van der Waals surface area contributed by atoms with E-state index in [1.54, 1.807) is 0 Å². The second kappa shape index (κ2) is 5.05. The molecule has 2 atom stereocenters. The molecule has 2 heteroatoms. The highest BCUT2D eigenvalue weighted by Crippen LogP contribution is 2.24. The van der Waals surface area contributed by atoms with Crippen molar-refractivity contribution < 1.29 is 9.53 Å². The lowest BCUT2D eigenvalue weighted by Gasteiger charge is -2.13. The molecule has 0 aromatic rings. The number of esters is 1. The molecule has 0 aromatic carbocycles. The minimum Gasteiger partial charge on any atom is -0.459 e. The fourth-order valence-electron chi connectivity index (χ4n) is 1.78. The maximum absolute atomic E-state index is 10.9. The van der Waals surface area contributed by atoms with Crippen LogP contribution in [0.25, 0.3) is 0 Å². The van der Waals surface area contributed by atoms with E-state index in [9.17, 15) is 4.79 Å². The highest BCUT2D eigenvalue weighted by atomic mass is 16.5. The van der Waals surface area contributed by atoms with Crippen LogP contribution in [0.5, 0.6) is 0 Å². The summed E-state index contributed by atoms with van der Waals surface area (Å²) in [5.41, 5.74) is 0. The van der Waals surface area contributed by atoms with Crippen molar-refractivity contribution in [2.75, 3.05) is 0 Å². The molecular weight excluding hydrogens is 164 g/mol. The van der Waals surface area contributed by atoms with E-state index in [0.717, 1.165) is 18.8 Å². The van der Waals surface area contributed by atoms with Gasteiger partial charge in [-0.3, -0.25) is 0 Å². The lowest BCUT2D eigenvalue weighted by Crippen LogP contribution is -2.15. The Morgan fingerprint density at radius 3 is 2.85 bits per heavy atom. The van der Waals surface area contributed by atoms with E-state index >= 15 is 0 Å². The molecule has 0 bridgehead atoms. The van der Waals surface area contributed by atoms with Crippen LogP contribution in [0.2, 0.25) is 0 Å². The summed E-state index contributed by atoms with van der Waals surface area (Å²) >= 11 is 0. The molecule has 1 aliphatic carbocycles. The van der Waals surface area contributed by atoms with Gasteiger partial charge >= 0.3 is 5.97 Å². The maximum atomic E-state index is 10.9. The predicted octanol–water partition coefficient (Wildman–Crippen LogP) is 2.68. The first-order valence-corrected chi connectivity index (χ1v) is 5.05. The minimum atomic E-state index is -0.278. The van der Waals surface area contributed by atoms with Gasteiger partial charge in [-0.2, -0.15) is 0 Å². The quantitative estimate of drug-likeness (QED) is 0.373. The molecule has 13 heavy (non-hydrogen) atoms. The zero-order valence-electron chi connectivity index (χ0n) is 8.29. The van der Waals surface area contributed by atoms with Crippen LogP contribution in [0.3, 0.4) is 0 Å². The van der Waals surface area contributed by atoms with Crippen LogP contribution < -0.4 is 0 Å². The Hall–Kier alpha value is -0.790. The summed E-state index contributed by atoms with van der Waals surface area (Å²) in [6.45, 7) is 5.65. The van der Waals surface area contributed by atoms with Crippen molar-refractivity contribution in [1.82, 2.24) is 0 Å². The molecule has 0 aromatic heterocycles. The van der Waals surface area contributed by atoms with Gasteiger partial charge in [-0.1, -0.05) is 19.9 Å². The summed E-state index contributed by atoms with van der Waals surface area (Å²) < 4.78 is 5.21. The van der Waals surface area contributed by atoms with Gasteiger partial charge in [0.2, 0.25) is 0 Å². The van der Waals surface area contributed by atoms with Gasteiger partial charge in [0.25, 0.3) is 0 Å². The normalized spacial score (nSPS) is 29.0. The van der Waals surface area contributed by atoms with E-state index in [0.29, 0.717) is 0 Å². The average Bonchev–Trinajstić information content (AvgIpc) is 2.31. The molecule has 0 saturated heterocycles. The fraction of sp³-hybridized carbons (Fsp3) is 0.727. The summed E-state index contributed by atoms with van der Waals surface area (Å²) in [4.78, 5) is 10.9. The number of ether oxygens (including phenoxy) is 1. The summed E-state index contributed by atoms with van der Waals surface area (Å²) in [5, 5.41) is 0. The van der Waals surface area contributed by atoms with Gasteiger partial charge in [-0.15, -0.1) is 0 Å². The lowest BCUT2D eigenvalue weighted by molar-refractivity contribution is -0.143. The summed E-state index contributed by atoms with van der Waals surface area (Å²) in [5.74, 6) is 0.506. The molecule has 0 spiro atoms. The zero-order chi connectivity index (χ0) is 9.68. The highest BCUT2D eigenvalue weighted by Gasteiger charge is 2.18. The first-order valence-electron chi connectivity index (χ1n) is 5.05. The van der Waals surface area contributed by atoms with Gasteiger partial charge in [0, 0.05) is 6.08 Å². The first-order chi connectivity index (χ1) is 6.22. The van der Waals surface area contributed by atoms with Gasteiger partial charge in [0.15, 0.2) is 0 Å². The van der Waals surface area contributed by atoms with E-state index in [2.05, 4.69) is 13.5 Å². The van der Waals surface area contributed by atoms with Crippen LogP contribution in [0.1, 0.15) is 39.0 Å². The van der Waals surface area contributed by atoms with Crippen molar-refractivity contribution in [3.63, 3.8) is 0 Å². The van der Waals surface area contributed by atoms with Crippen molar-refractivity contribution in [3.8, 4) is 0 Å². The number of hydrogen-bond donors (Lipinski definition) is 0. The summed E-state index contributed by atoms with van der Waals surface area (Å²) in [7, 11) is 0. The van der Waals surface area contributed by atoms with Gasteiger partial charge in [0.1, 0.15) is 6.10 Å². The molecule has 1 rings (SSSR count). The fourth-order valence-corrected chi connectivity index (χ4v) is 1.78. The smallest absolute Gasteiger partial charge is 0.330 e. The molecule has 0 N–H and O–H groups in total. The van der Waals surface area contributed by atoms with Crippen molar-refractivity contribution >= 4 is 5.97 Å². The summed E-state index contributed by atoms with van der Waals surface area (Å²) in [6, 6.07) is 0. The Morgan fingerprint density at radius 1 is 1.38 bits per heavy atom. The Balaban J connectivity index is 2.33. The largest absolute Gasteiger partial charge is 0.459 e. The number of carbonyl (C=O) groups excluding carboxylic acids is 1. The van der Waals surface area contributed by atoms with Gasteiger partial charge in [0.05, 0.1) is 0 Å². The Kier molecular flexibility index (Phi) is 4.00. The standard InChI is InChI=1S/C11H18O2/c1-3-11(12)13-10-6-4-5-9(2)7-8-10/h3,9-10H,1,4-8H2,2H3. The molecule has 0 radical (unpaired) electrons. The molecule has 2 unspecified atom stereocenters. The van der Waals surface area contributed by atoms with Crippen molar-refractivity contribution in [2.24, 2.45) is 5.92 Å². The van der Waals surface area contributed by atoms with Crippen LogP contribution in [-0.2, 0) is 9.53 Å². The van der Waals surface area contributed by atoms with Crippen LogP contribution in [0.15, 0.2) is 12.7 Å². The zero-order valence-corrected chi connectivity index (χ0v) is 8.29. The summed E-state index contributed by atoms with van der Waals surface area (Å²) in [6.07, 6.45) is 7.03. The molecular formula is C11H18O2. The lowest BCUT2D eigenvalue weighted by atomic mass is 10.0. The number of carbonyl (C=O) groups is 1. The third kappa shape index (κ3) is 3.62. The van der Waals surface area contributed by atoms with Crippen molar-refractivity contribution in [3.05, 3.63) is 12.7 Å². The molecule has 1 saturated carbocycles. The second-order valence-corrected chi connectivity index (χ2v) is 3.88. The van der Waals surface area contributed by atoms with E-state index in [1.165, 1.54) is 25.3 Å². The molecule has 1 fully saturated rings. The van der Waals surface area contributed by atoms with Gasteiger partial charge in [-0.25, -0.2) is 4.79 Å². The topological polar surface area (TPSA) is 26.3 Å². The molecule has 0 heterocycles. The Morgan fingerprint density at radius 2 is 2.15 bits per heavy atom. The molecule has 2 nitrogen and oxygen atoms in total. The predicted molar refractivity (Wildman–Crippen MR) is 52.3 cm³/mol. The molecule has 0 amide bonds. The van der Waals surface area contributed by atoms with E-state index in [1.807, 2.05) is 0 Å². The maximum Gasteiger partial charge on any atom is 0.330 e. The van der Waals surface area contributed by atoms with Gasteiger partial charge < -0.3 is 4.74 Å². The van der Waals surface area contributed by atoms with Crippen LogP contribution in [0, 0.1) is 5.92 Å². The van der Waals surface area contributed by atoms with Crippen LogP contribution in [0.4, 0.5) is 0 Å². The van der Waals surface area contributed by atoms with Crippen LogP contribution >= 0.6 is 0 Å². The number of rotatable bonds is 2. The highest BCUT2D eigenvalue weighted by molar-refractivity contribution is 5.81. The van der Waals surface area contributed by atoms with E-state index in [4.69, 9.17) is 4.74 Å². The number of hydrogen-bond acceptors (Lipinski definition) is 2. The van der Waals surface area contributed by atoms with Crippen molar-refractivity contribution in [1.29, 1.82) is 0 Å². The first kappa shape index (κ1) is 10.3. The average molecular weight is 182 g/mol. The molecule has 0 aliphatic heterocycles. The van der Waals surface area contributed by atoms with E-state index in [-0.39, 0.29) is 12.1 Å². The van der Waals surface area contributed by atoms with E-state index < -0.39 is 0 Å². The molecule has 74 valence electrons. The monoisotopic (exact) mass is 182 g/mol. The molecule has 1 aliphatic rings.